The maximum absolute atomic E-state index is 11.7. The third-order valence-corrected chi connectivity index (χ3v) is 3.71. The maximum Gasteiger partial charge on any atom is 0.265 e. The number of aromatic amines is 1. The van der Waals surface area contributed by atoms with Gasteiger partial charge in [-0.1, -0.05) is 0 Å². The second-order valence-electron chi connectivity index (χ2n) is 4.07. The summed E-state index contributed by atoms with van der Waals surface area (Å²) in [6.45, 7) is 1.78. The molecule has 0 bridgehead atoms. The Bertz CT molecular complexity index is 828. The molecular formula is C13H9BrN4O. The molecule has 94 valence electrons. The SMILES string of the molecule is Cc1nc(-c2ccc3nccnc3c2)[nH]c(=O)c1Br. The van der Waals surface area contributed by atoms with Gasteiger partial charge in [-0.3, -0.25) is 14.8 Å². The highest BCUT2D eigenvalue weighted by molar-refractivity contribution is 9.10. The Morgan fingerprint density at radius 3 is 2.63 bits per heavy atom. The summed E-state index contributed by atoms with van der Waals surface area (Å²) in [6.07, 6.45) is 3.28. The minimum Gasteiger partial charge on any atom is -0.306 e. The number of aryl methyl sites for hydroxylation is 1. The lowest BCUT2D eigenvalue weighted by atomic mass is 10.2. The molecular weight excluding hydrogens is 308 g/mol. The van der Waals surface area contributed by atoms with Crippen molar-refractivity contribution in [2.75, 3.05) is 0 Å². The third kappa shape index (κ3) is 2.15. The summed E-state index contributed by atoms with van der Waals surface area (Å²) in [5, 5.41) is 0. The van der Waals surface area contributed by atoms with Crippen molar-refractivity contribution in [2.24, 2.45) is 0 Å². The van der Waals surface area contributed by atoms with Crippen LogP contribution in [0, 0.1) is 6.92 Å². The van der Waals surface area contributed by atoms with E-state index in [1.807, 2.05) is 18.2 Å². The van der Waals surface area contributed by atoms with Gasteiger partial charge in [-0.2, -0.15) is 0 Å². The molecule has 0 atom stereocenters. The van der Waals surface area contributed by atoms with Gasteiger partial charge in [0.05, 0.1) is 16.7 Å². The van der Waals surface area contributed by atoms with Crippen LogP contribution in [0.1, 0.15) is 5.69 Å². The molecule has 1 N–H and O–H groups in total. The molecule has 0 saturated heterocycles. The quantitative estimate of drug-likeness (QED) is 0.748. The highest BCUT2D eigenvalue weighted by atomic mass is 79.9. The first-order valence-electron chi connectivity index (χ1n) is 5.63. The predicted molar refractivity (Wildman–Crippen MR) is 75.8 cm³/mol. The van der Waals surface area contributed by atoms with Crippen molar-refractivity contribution in [1.29, 1.82) is 0 Å². The molecule has 3 aromatic rings. The number of aromatic nitrogens is 4. The molecule has 0 fully saturated rings. The van der Waals surface area contributed by atoms with Gasteiger partial charge in [-0.25, -0.2) is 4.98 Å². The highest BCUT2D eigenvalue weighted by Crippen LogP contribution is 2.19. The molecule has 0 saturated carbocycles. The Balaban J connectivity index is 2.22. The van der Waals surface area contributed by atoms with Crippen LogP contribution in [-0.2, 0) is 0 Å². The lowest BCUT2D eigenvalue weighted by Crippen LogP contribution is -2.11. The Morgan fingerprint density at radius 2 is 1.89 bits per heavy atom. The summed E-state index contributed by atoms with van der Waals surface area (Å²) in [7, 11) is 0. The summed E-state index contributed by atoms with van der Waals surface area (Å²) < 4.78 is 0.455. The molecule has 0 unspecified atom stereocenters. The number of nitrogens with one attached hydrogen (secondary N) is 1. The molecule has 0 aliphatic carbocycles. The van der Waals surface area contributed by atoms with Gasteiger partial charge in [0, 0.05) is 18.0 Å². The van der Waals surface area contributed by atoms with Crippen molar-refractivity contribution < 1.29 is 0 Å². The van der Waals surface area contributed by atoms with Crippen molar-refractivity contribution in [3.63, 3.8) is 0 Å². The molecule has 5 nitrogen and oxygen atoms in total. The van der Waals surface area contributed by atoms with Crippen LogP contribution in [0.15, 0.2) is 39.9 Å². The first-order chi connectivity index (χ1) is 9.15. The van der Waals surface area contributed by atoms with Crippen molar-refractivity contribution in [2.45, 2.75) is 6.92 Å². The first-order valence-corrected chi connectivity index (χ1v) is 6.42. The summed E-state index contributed by atoms with van der Waals surface area (Å²) in [5.74, 6) is 0.526. The predicted octanol–water partition coefficient (Wildman–Crippen LogP) is 2.45. The molecule has 2 aromatic heterocycles. The number of hydrogen-bond acceptors (Lipinski definition) is 4. The fourth-order valence-electron chi connectivity index (χ4n) is 1.82. The van der Waals surface area contributed by atoms with Gasteiger partial charge in [0.15, 0.2) is 0 Å². The Morgan fingerprint density at radius 1 is 1.16 bits per heavy atom. The van der Waals surface area contributed by atoms with Crippen molar-refractivity contribution in [3.05, 3.63) is 51.1 Å². The molecule has 1 aromatic carbocycles. The Labute approximate surface area is 116 Å². The zero-order valence-electron chi connectivity index (χ0n) is 10.0. The second kappa shape index (κ2) is 4.55. The van der Waals surface area contributed by atoms with Gasteiger partial charge in [0.1, 0.15) is 10.3 Å². The molecule has 0 radical (unpaired) electrons. The van der Waals surface area contributed by atoms with Crippen LogP contribution in [0.25, 0.3) is 22.4 Å². The average molecular weight is 317 g/mol. The Kier molecular flexibility index (Phi) is 2.87. The fraction of sp³-hybridized carbons (Fsp3) is 0.0769. The van der Waals surface area contributed by atoms with E-state index >= 15 is 0 Å². The summed E-state index contributed by atoms with van der Waals surface area (Å²) in [4.78, 5) is 27.3. The maximum atomic E-state index is 11.7. The molecule has 3 rings (SSSR count). The number of hydrogen-bond donors (Lipinski definition) is 1. The van der Waals surface area contributed by atoms with Crippen LogP contribution >= 0.6 is 15.9 Å². The molecule has 0 aliphatic heterocycles. The Hall–Kier alpha value is -2.08. The highest BCUT2D eigenvalue weighted by Gasteiger charge is 2.08. The second-order valence-corrected chi connectivity index (χ2v) is 4.87. The largest absolute Gasteiger partial charge is 0.306 e. The number of nitrogens with zero attached hydrogens (tertiary/aromatic N) is 3. The topological polar surface area (TPSA) is 71.5 Å². The van der Waals surface area contributed by atoms with Crippen LogP contribution in [0.3, 0.4) is 0 Å². The molecule has 0 amide bonds. The number of benzene rings is 1. The van der Waals surface area contributed by atoms with Crippen LogP contribution in [0.5, 0.6) is 0 Å². The zero-order valence-corrected chi connectivity index (χ0v) is 11.6. The lowest BCUT2D eigenvalue weighted by molar-refractivity contribution is 1.05. The van der Waals surface area contributed by atoms with Crippen molar-refractivity contribution >= 4 is 27.0 Å². The van der Waals surface area contributed by atoms with Gasteiger partial charge in [0.2, 0.25) is 0 Å². The average Bonchev–Trinajstić information content (AvgIpc) is 2.43. The summed E-state index contributed by atoms with van der Waals surface area (Å²) >= 11 is 3.20. The number of halogens is 1. The minimum atomic E-state index is -0.193. The minimum absolute atomic E-state index is 0.193. The van der Waals surface area contributed by atoms with E-state index in [0.29, 0.717) is 16.0 Å². The van der Waals surface area contributed by atoms with E-state index in [0.717, 1.165) is 16.6 Å². The lowest BCUT2D eigenvalue weighted by Gasteiger charge is -2.04. The normalized spacial score (nSPS) is 10.8. The van der Waals surface area contributed by atoms with Gasteiger partial charge >= 0.3 is 0 Å². The molecule has 2 heterocycles. The first kappa shape index (κ1) is 12.0. The third-order valence-electron chi connectivity index (χ3n) is 2.77. The molecule has 6 heteroatoms. The van der Waals surface area contributed by atoms with E-state index in [9.17, 15) is 4.79 Å². The van der Waals surface area contributed by atoms with Crippen molar-refractivity contribution in [3.8, 4) is 11.4 Å². The van der Waals surface area contributed by atoms with Crippen LogP contribution in [0.4, 0.5) is 0 Å². The van der Waals surface area contributed by atoms with Gasteiger partial charge < -0.3 is 4.98 Å². The molecule has 19 heavy (non-hydrogen) atoms. The van der Waals surface area contributed by atoms with Crippen LogP contribution < -0.4 is 5.56 Å². The summed E-state index contributed by atoms with van der Waals surface area (Å²) in [5.41, 5.74) is 2.84. The number of H-pyrrole nitrogens is 1. The van der Waals surface area contributed by atoms with E-state index in [-0.39, 0.29) is 5.56 Å². The van der Waals surface area contributed by atoms with E-state index < -0.39 is 0 Å². The monoisotopic (exact) mass is 316 g/mol. The van der Waals surface area contributed by atoms with E-state index in [1.54, 1.807) is 19.3 Å². The molecule has 0 aliphatic rings. The summed E-state index contributed by atoms with van der Waals surface area (Å²) in [6, 6.07) is 5.58. The number of fused-ring (bicyclic) bond motifs is 1. The van der Waals surface area contributed by atoms with Crippen LogP contribution in [0.2, 0.25) is 0 Å². The van der Waals surface area contributed by atoms with Gasteiger partial charge in [-0.15, -0.1) is 0 Å². The number of rotatable bonds is 1. The van der Waals surface area contributed by atoms with Crippen molar-refractivity contribution in [1.82, 2.24) is 19.9 Å². The smallest absolute Gasteiger partial charge is 0.265 e. The van der Waals surface area contributed by atoms with E-state index in [1.165, 1.54) is 0 Å². The van der Waals surface area contributed by atoms with Crippen LogP contribution in [-0.4, -0.2) is 19.9 Å². The van der Waals surface area contributed by atoms with E-state index in [2.05, 4.69) is 35.9 Å². The van der Waals surface area contributed by atoms with Gasteiger partial charge in [-0.05, 0) is 41.1 Å². The van der Waals surface area contributed by atoms with Gasteiger partial charge in [0.25, 0.3) is 5.56 Å². The fourth-order valence-corrected chi connectivity index (χ4v) is 2.01. The standard InChI is InChI=1S/C13H9BrN4O/c1-7-11(14)13(19)18-12(17-7)8-2-3-9-10(6-8)16-5-4-15-9/h2-6H,1H3,(H,17,18,19). The van der Waals surface area contributed by atoms with E-state index in [4.69, 9.17) is 0 Å². The molecule has 0 spiro atoms. The zero-order chi connectivity index (χ0) is 13.4.